The molecule has 1 aromatic rings. The van der Waals surface area contributed by atoms with E-state index in [4.69, 9.17) is 5.11 Å². The second-order valence-corrected chi connectivity index (χ2v) is 4.56. The number of nitrogens with one attached hydrogen (secondary N) is 1. The Hall–Kier alpha value is -2.15. The van der Waals surface area contributed by atoms with E-state index in [2.05, 4.69) is 5.32 Å². The monoisotopic (exact) mass is 282 g/mol. The molecule has 0 spiro atoms. The lowest BCUT2D eigenvalue weighted by atomic mass is 9.93. The number of hydrogen-bond acceptors (Lipinski definition) is 5. The number of hydrogen-bond donors (Lipinski definition) is 3. The molecule has 0 aliphatic rings. The van der Waals surface area contributed by atoms with Crippen LogP contribution in [0.2, 0.25) is 0 Å². The van der Waals surface area contributed by atoms with Crippen LogP contribution in [0.25, 0.3) is 0 Å². The second-order valence-electron chi connectivity index (χ2n) is 4.56. The van der Waals surface area contributed by atoms with Crippen LogP contribution in [0, 0.1) is 10.1 Å². The van der Waals surface area contributed by atoms with Gasteiger partial charge in [-0.05, 0) is 25.0 Å². The Balaban J connectivity index is 3.19. The van der Waals surface area contributed by atoms with Gasteiger partial charge in [0.05, 0.1) is 17.1 Å². The number of anilines is 1. The molecule has 0 atom stereocenters. The van der Waals surface area contributed by atoms with Crippen LogP contribution in [-0.2, 0) is 0 Å². The average Bonchev–Trinajstić information content (AvgIpc) is 2.44. The molecule has 0 saturated heterocycles. The number of carboxylic acid groups (broad SMARTS) is 1. The van der Waals surface area contributed by atoms with Crippen molar-refractivity contribution in [3.05, 3.63) is 33.9 Å². The molecule has 0 bridgehead atoms. The van der Waals surface area contributed by atoms with Gasteiger partial charge in [-0.3, -0.25) is 10.1 Å². The lowest BCUT2D eigenvalue weighted by Crippen LogP contribution is -2.40. The van der Waals surface area contributed by atoms with Gasteiger partial charge >= 0.3 is 5.97 Å². The predicted molar refractivity (Wildman–Crippen MR) is 74.1 cm³/mol. The summed E-state index contributed by atoms with van der Waals surface area (Å²) in [4.78, 5) is 21.1. The Morgan fingerprint density at radius 2 is 2.00 bits per heavy atom. The van der Waals surface area contributed by atoms with E-state index >= 15 is 0 Å². The molecule has 0 amide bonds. The lowest BCUT2D eigenvalue weighted by molar-refractivity contribution is -0.385. The molecule has 0 aromatic heterocycles. The van der Waals surface area contributed by atoms with Crippen LogP contribution >= 0.6 is 0 Å². The van der Waals surface area contributed by atoms with Crippen molar-refractivity contribution in [3.8, 4) is 0 Å². The fourth-order valence-electron chi connectivity index (χ4n) is 1.94. The van der Waals surface area contributed by atoms with E-state index in [0.29, 0.717) is 18.5 Å². The molecule has 20 heavy (non-hydrogen) atoms. The molecule has 0 fully saturated rings. The summed E-state index contributed by atoms with van der Waals surface area (Å²) in [5, 5.41) is 32.4. The van der Waals surface area contributed by atoms with Crippen molar-refractivity contribution >= 4 is 17.3 Å². The summed E-state index contributed by atoms with van der Waals surface area (Å²) in [5.74, 6) is -1.34. The van der Waals surface area contributed by atoms with Crippen molar-refractivity contribution in [2.24, 2.45) is 0 Å². The molecule has 1 aromatic carbocycles. The molecule has 0 aliphatic carbocycles. The Morgan fingerprint density at radius 3 is 2.40 bits per heavy atom. The molecule has 1 rings (SSSR count). The van der Waals surface area contributed by atoms with Gasteiger partial charge in [-0.25, -0.2) is 4.79 Å². The standard InChI is InChI=1S/C13H18N2O5/c1-3-13(4-2,8-16)14-9-5-6-10(12(17)18)11(7-9)15(19)20/h5-7,14,16H,3-4,8H2,1-2H3,(H,17,18). The Bertz CT molecular complexity index is 503. The van der Waals surface area contributed by atoms with Gasteiger partial charge in [0, 0.05) is 11.8 Å². The number of aliphatic hydroxyl groups excluding tert-OH is 1. The molecule has 0 aliphatic heterocycles. The van der Waals surface area contributed by atoms with Crippen LogP contribution in [0.5, 0.6) is 0 Å². The summed E-state index contributed by atoms with van der Waals surface area (Å²) in [5.41, 5.74) is -0.984. The van der Waals surface area contributed by atoms with E-state index in [1.54, 1.807) is 0 Å². The zero-order valence-electron chi connectivity index (χ0n) is 11.4. The molecule has 7 heteroatoms. The maximum Gasteiger partial charge on any atom is 0.342 e. The van der Waals surface area contributed by atoms with Gasteiger partial charge in [0.1, 0.15) is 5.56 Å². The highest BCUT2D eigenvalue weighted by Crippen LogP contribution is 2.27. The van der Waals surface area contributed by atoms with Gasteiger partial charge < -0.3 is 15.5 Å². The highest BCUT2D eigenvalue weighted by Gasteiger charge is 2.27. The summed E-state index contributed by atoms with van der Waals surface area (Å²) in [7, 11) is 0. The highest BCUT2D eigenvalue weighted by molar-refractivity contribution is 5.93. The second kappa shape index (κ2) is 6.33. The summed E-state index contributed by atoms with van der Waals surface area (Å²) >= 11 is 0. The number of nitro groups is 1. The van der Waals surface area contributed by atoms with E-state index in [0.717, 1.165) is 0 Å². The van der Waals surface area contributed by atoms with Crippen molar-refractivity contribution in [3.63, 3.8) is 0 Å². The Kier molecular flexibility index (Phi) is 5.04. The van der Waals surface area contributed by atoms with E-state index < -0.39 is 22.1 Å². The minimum absolute atomic E-state index is 0.117. The molecular weight excluding hydrogens is 264 g/mol. The van der Waals surface area contributed by atoms with E-state index in [1.165, 1.54) is 18.2 Å². The van der Waals surface area contributed by atoms with Crippen LogP contribution in [0.4, 0.5) is 11.4 Å². The smallest absolute Gasteiger partial charge is 0.342 e. The van der Waals surface area contributed by atoms with Crippen LogP contribution < -0.4 is 5.32 Å². The Labute approximate surface area is 116 Å². The predicted octanol–water partition coefficient (Wildman–Crippen LogP) is 2.26. The number of benzene rings is 1. The van der Waals surface area contributed by atoms with Crippen molar-refractivity contribution in [1.82, 2.24) is 0 Å². The number of nitrogens with zero attached hydrogens (tertiary/aromatic N) is 1. The normalized spacial score (nSPS) is 11.2. The fourth-order valence-corrected chi connectivity index (χ4v) is 1.94. The van der Waals surface area contributed by atoms with E-state index in [1.807, 2.05) is 13.8 Å². The van der Waals surface area contributed by atoms with Crippen LogP contribution in [0.1, 0.15) is 37.0 Å². The molecule has 3 N–H and O–H groups in total. The summed E-state index contributed by atoms with van der Waals surface area (Å²) in [6, 6.07) is 3.83. The lowest BCUT2D eigenvalue weighted by Gasteiger charge is -2.31. The van der Waals surface area contributed by atoms with Gasteiger partial charge in [0.15, 0.2) is 0 Å². The third-order valence-electron chi connectivity index (χ3n) is 3.49. The number of nitro benzene ring substituents is 1. The summed E-state index contributed by atoms with van der Waals surface area (Å²) < 4.78 is 0. The largest absolute Gasteiger partial charge is 0.477 e. The average molecular weight is 282 g/mol. The van der Waals surface area contributed by atoms with Crippen LogP contribution in [0.3, 0.4) is 0 Å². The number of carbonyl (C=O) groups is 1. The van der Waals surface area contributed by atoms with Gasteiger partial charge in [0.2, 0.25) is 0 Å². The maximum atomic E-state index is 10.9. The van der Waals surface area contributed by atoms with Crippen molar-refractivity contribution < 1.29 is 19.9 Å². The first kappa shape index (κ1) is 15.9. The van der Waals surface area contributed by atoms with Crippen molar-refractivity contribution in [1.29, 1.82) is 0 Å². The topological polar surface area (TPSA) is 113 Å². The highest BCUT2D eigenvalue weighted by atomic mass is 16.6. The zero-order valence-corrected chi connectivity index (χ0v) is 11.4. The maximum absolute atomic E-state index is 10.9. The first-order valence-electron chi connectivity index (χ1n) is 6.30. The number of carboxylic acids is 1. The van der Waals surface area contributed by atoms with Crippen molar-refractivity contribution in [2.45, 2.75) is 32.2 Å². The fraction of sp³-hybridized carbons (Fsp3) is 0.462. The van der Waals surface area contributed by atoms with Crippen molar-refractivity contribution in [2.75, 3.05) is 11.9 Å². The SMILES string of the molecule is CCC(CC)(CO)Nc1ccc(C(=O)O)c([N+](=O)[O-])c1. The minimum atomic E-state index is -1.34. The zero-order chi connectivity index (χ0) is 15.3. The van der Waals surface area contributed by atoms with Crippen LogP contribution in [-0.4, -0.2) is 33.3 Å². The molecule has 110 valence electrons. The van der Waals surface area contributed by atoms with Gasteiger partial charge in [-0.1, -0.05) is 13.8 Å². The molecule has 7 nitrogen and oxygen atoms in total. The number of aromatic carboxylic acids is 1. The number of rotatable bonds is 7. The van der Waals surface area contributed by atoms with Crippen LogP contribution in [0.15, 0.2) is 18.2 Å². The first-order chi connectivity index (χ1) is 9.39. The van der Waals surface area contributed by atoms with E-state index in [-0.39, 0.29) is 12.2 Å². The molecule has 0 saturated carbocycles. The number of aliphatic hydroxyl groups is 1. The molecule has 0 unspecified atom stereocenters. The quantitative estimate of drug-likeness (QED) is 0.522. The summed E-state index contributed by atoms with van der Waals surface area (Å²) in [6.07, 6.45) is 1.27. The third-order valence-corrected chi connectivity index (χ3v) is 3.49. The molecular formula is C13H18N2O5. The van der Waals surface area contributed by atoms with Gasteiger partial charge in [-0.15, -0.1) is 0 Å². The molecule has 0 heterocycles. The van der Waals surface area contributed by atoms with E-state index in [9.17, 15) is 20.0 Å². The minimum Gasteiger partial charge on any atom is -0.477 e. The molecule has 0 radical (unpaired) electrons. The van der Waals surface area contributed by atoms with Gasteiger partial charge in [-0.2, -0.15) is 0 Å². The third kappa shape index (κ3) is 3.24. The van der Waals surface area contributed by atoms with Gasteiger partial charge in [0.25, 0.3) is 5.69 Å². The summed E-state index contributed by atoms with van der Waals surface area (Å²) in [6.45, 7) is 3.67. The Morgan fingerprint density at radius 1 is 1.40 bits per heavy atom. The first-order valence-corrected chi connectivity index (χ1v) is 6.30.